The second-order valence-electron chi connectivity index (χ2n) is 9.42. The third kappa shape index (κ3) is 5.63. The van der Waals surface area contributed by atoms with Gasteiger partial charge in [-0.1, -0.05) is 71.4 Å². The number of hydrogen-bond donors (Lipinski definition) is 1. The lowest BCUT2D eigenvalue weighted by Crippen LogP contribution is -2.25. The fourth-order valence-electron chi connectivity index (χ4n) is 4.36. The van der Waals surface area contributed by atoms with Gasteiger partial charge in [0.15, 0.2) is 5.17 Å². The van der Waals surface area contributed by atoms with Crippen LogP contribution in [0.1, 0.15) is 46.7 Å². The van der Waals surface area contributed by atoms with E-state index in [9.17, 15) is 9.59 Å². The molecule has 2 amide bonds. The van der Waals surface area contributed by atoms with Crippen molar-refractivity contribution in [1.29, 1.82) is 0 Å². The van der Waals surface area contributed by atoms with Gasteiger partial charge in [0.2, 0.25) is 5.91 Å². The number of amides is 2. The topological polar surface area (TPSA) is 74.1 Å². The largest absolute Gasteiger partial charge is 0.326 e. The molecule has 3 aromatic rings. The lowest BCUT2D eigenvalue weighted by molar-refractivity contribution is -0.121. The molecule has 37 heavy (non-hydrogen) atoms. The highest BCUT2D eigenvalue weighted by atomic mass is 35.5. The smallest absolute Gasteiger partial charge is 0.262 e. The maximum Gasteiger partial charge on any atom is 0.262 e. The number of rotatable bonds is 5. The molecule has 0 radical (unpaired) electrons. The van der Waals surface area contributed by atoms with Crippen molar-refractivity contribution < 1.29 is 9.59 Å². The number of nitrogens with one attached hydrogen (secondary N) is 1. The first kappa shape index (κ1) is 25.2. The maximum absolute atomic E-state index is 12.8. The van der Waals surface area contributed by atoms with Crippen molar-refractivity contribution in [3.63, 3.8) is 0 Å². The van der Waals surface area contributed by atoms with Gasteiger partial charge in [0.05, 0.1) is 11.8 Å². The van der Waals surface area contributed by atoms with Crippen LogP contribution in [0.2, 0.25) is 5.02 Å². The van der Waals surface area contributed by atoms with E-state index in [-0.39, 0.29) is 24.3 Å². The van der Waals surface area contributed by atoms with E-state index in [0.717, 1.165) is 33.7 Å². The quantitative estimate of drug-likeness (QED) is 0.411. The average Bonchev–Trinajstić information content (AvgIpc) is 3.46. The Kier molecular flexibility index (Phi) is 7.17. The number of benzene rings is 3. The maximum atomic E-state index is 12.8. The van der Waals surface area contributed by atoms with Gasteiger partial charge >= 0.3 is 0 Å². The van der Waals surface area contributed by atoms with Gasteiger partial charge < -0.3 is 5.32 Å². The molecule has 2 heterocycles. The third-order valence-electron chi connectivity index (χ3n) is 6.64. The number of anilines is 1. The summed E-state index contributed by atoms with van der Waals surface area (Å²) in [6.45, 7) is 6.08. The fraction of sp³-hybridized carbons (Fsp3) is 0.241. The number of hydrogen-bond acceptors (Lipinski definition) is 5. The van der Waals surface area contributed by atoms with E-state index in [0.29, 0.717) is 16.6 Å². The molecule has 2 atom stereocenters. The minimum atomic E-state index is -0.588. The Bertz CT molecular complexity index is 1420. The summed E-state index contributed by atoms with van der Waals surface area (Å²) in [4.78, 5) is 29.9. The zero-order valence-corrected chi connectivity index (χ0v) is 22.4. The molecule has 3 aromatic carbocycles. The summed E-state index contributed by atoms with van der Waals surface area (Å²) in [5.74, 6) is -0.527. The summed E-state index contributed by atoms with van der Waals surface area (Å²) in [6.07, 6.45) is 0.705. The van der Waals surface area contributed by atoms with E-state index < -0.39 is 5.25 Å². The number of amidine groups is 1. The molecule has 0 unspecified atom stereocenters. The van der Waals surface area contributed by atoms with E-state index in [1.54, 1.807) is 0 Å². The molecule has 0 aliphatic carbocycles. The van der Waals surface area contributed by atoms with Crippen LogP contribution in [0.4, 0.5) is 5.69 Å². The molecule has 1 N–H and O–H groups in total. The lowest BCUT2D eigenvalue weighted by Gasteiger charge is -2.23. The Balaban J connectivity index is 1.34. The Labute approximate surface area is 225 Å². The molecule has 0 saturated heterocycles. The number of halogens is 1. The minimum absolute atomic E-state index is 0.0419. The monoisotopic (exact) mass is 530 g/mol. The first-order valence-corrected chi connectivity index (χ1v) is 13.4. The van der Waals surface area contributed by atoms with Gasteiger partial charge in [0.25, 0.3) is 5.91 Å². The van der Waals surface area contributed by atoms with Crippen LogP contribution in [-0.2, 0) is 9.59 Å². The first-order valence-electron chi connectivity index (χ1n) is 12.1. The summed E-state index contributed by atoms with van der Waals surface area (Å²) in [5, 5.41) is 10.2. The second-order valence-corrected chi connectivity index (χ2v) is 11.0. The molecule has 188 valence electrons. The molecule has 0 fully saturated rings. The predicted molar refractivity (Wildman–Crippen MR) is 151 cm³/mol. The van der Waals surface area contributed by atoms with Gasteiger partial charge in [0.1, 0.15) is 5.25 Å². The predicted octanol–water partition coefficient (Wildman–Crippen LogP) is 6.44. The number of hydrazone groups is 1. The normalized spacial score (nSPS) is 19.1. The highest BCUT2D eigenvalue weighted by molar-refractivity contribution is 8.15. The van der Waals surface area contributed by atoms with E-state index in [4.69, 9.17) is 16.7 Å². The average molecular weight is 531 g/mol. The van der Waals surface area contributed by atoms with Crippen LogP contribution in [0, 0.1) is 20.8 Å². The van der Waals surface area contributed by atoms with Crippen molar-refractivity contribution in [1.82, 2.24) is 5.01 Å². The van der Waals surface area contributed by atoms with E-state index in [1.807, 2.05) is 61.3 Å². The highest BCUT2D eigenvalue weighted by Crippen LogP contribution is 2.38. The SMILES string of the molecule is Cc1ccc([C@@H]2CC(c3ccc(Cl)cc3)=NN2C2=NC(=O)[C@H](CC(=O)Nc3ccc(C)c(C)c3)S2)cc1. The fourth-order valence-corrected chi connectivity index (χ4v) is 5.54. The number of carbonyl (C=O) groups excluding carboxylic acids is 2. The van der Waals surface area contributed by atoms with Crippen molar-refractivity contribution in [3.8, 4) is 0 Å². The van der Waals surface area contributed by atoms with Crippen LogP contribution < -0.4 is 5.32 Å². The summed E-state index contributed by atoms with van der Waals surface area (Å²) in [6, 6.07) is 21.6. The molecule has 0 spiro atoms. The van der Waals surface area contributed by atoms with Gasteiger partial charge in [-0.2, -0.15) is 10.1 Å². The molecule has 2 aliphatic heterocycles. The van der Waals surface area contributed by atoms with Crippen molar-refractivity contribution in [2.75, 3.05) is 5.32 Å². The molecule has 0 bridgehead atoms. The second kappa shape index (κ2) is 10.5. The third-order valence-corrected chi connectivity index (χ3v) is 8.03. The summed E-state index contributed by atoms with van der Waals surface area (Å²) >= 11 is 7.39. The summed E-state index contributed by atoms with van der Waals surface area (Å²) < 4.78 is 0. The summed E-state index contributed by atoms with van der Waals surface area (Å²) in [5.41, 5.74) is 7.11. The standard InChI is InChI=1S/C29H27ClN4O2S/c1-17-4-7-21(8-5-17)25-15-24(20-9-11-22(30)12-10-20)33-34(25)29-32-28(36)26(37-29)16-27(35)31-23-13-6-18(2)19(3)14-23/h4-14,25-26H,15-16H2,1-3H3,(H,31,35)/t25-,26-/m0/s1. The van der Waals surface area contributed by atoms with Crippen LogP contribution >= 0.6 is 23.4 Å². The van der Waals surface area contributed by atoms with Gasteiger partial charge in [-0.3, -0.25) is 9.59 Å². The lowest BCUT2D eigenvalue weighted by atomic mass is 9.98. The van der Waals surface area contributed by atoms with Gasteiger partial charge in [-0.05, 0) is 67.3 Å². The van der Waals surface area contributed by atoms with Gasteiger partial charge in [-0.25, -0.2) is 5.01 Å². The van der Waals surface area contributed by atoms with Crippen LogP contribution in [-0.4, -0.2) is 33.0 Å². The van der Waals surface area contributed by atoms with Crippen molar-refractivity contribution in [2.45, 2.75) is 44.9 Å². The van der Waals surface area contributed by atoms with Crippen LogP contribution in [0.25, 0.3) is 0 Å². The van der Waals surface area contributed by atoms with Crippen LogP contribution in [0.3, 0.4) is 0 Å². The molecule has 6 nitrogen and oxygen atoms in total. The molecule has 2 aliphatic rings. The Morgan fingerprint density at radius 2 is 1.76 bits per heavy atom. The first-order chi connectivity index (χ1) is 17.8. The number of carbonyl (C=O) groups is 2. The Hall–Kier alpha value is -3.42. The molecule has 8 heteroatoms. The summed E-state index contributed by atoms with van der Waals surface area (Å²) in [7, 11) is 0. The van der Waals surface area contributed by atoms with Gasteiger partial charge in [-0.15, -0.1) is 0 Å². The highest BCUT2D eigenvalue weighted by Gasteiger charge is 2.39. The van der Waals surface area contributed by atoms with E-state index in [1.165, 1.54) is 17.3 Å². The Morgan fingerprint density at radius 1 is 1.03 bits per heavy atom. The van der Waals surface area contributed by atoms with E-state index >= 15 is 0 Å². The number of aryl methyl sites for hydroxylation is 3. The molecule has 0 aromatic heterocycles. The molecular formula is C29H27ClN4O2S. The minimum Gasteiger partial charge on any atom is -0.326 e. The number of aliphatic imine (C=N–C) groups is 1. The zero-order chi connectivity index (χ0) is 26.1. The van der Waals surface area contributed by atoms with Crippen molar-refractivity contribution in [2.24, 2.45) is 10.1 Å². The number of nitrogens with zero attached hydrogens (tertiary/aromatic N) is 3. The van der Waals surface area contributed by atoms with Crippen molar-refractivity contribution >= 4 is 51.7 Å². The molecule has 5 rings (SSSR count). The van der Waals surface area contributed by atoms with Crippen LogP contribution in [0.5, 0.6) is 0 Å². The molecular weight excluding hydrogens is 504 g/mol. The van der Waals surface area contributed by atoms with E-state index in [2.05, 4.69) is 41.5 Å². The van der Waals surface area contributed by atoms with Crippen LogP contribution in [0.15, 0.2) is 76.8 Å². The molecule has 0 saturated carbocycles. The van der Waals surface area contributed by atoms with Crippen molar-refractivity contribution in [3.05, 3.63) is 99.6 Å². The Morgan fingerprint density at radius 3 is 2.46 bits per heavy atom. The zero-order valence-electron chi connectivity index (χ0n) is 20.9. The number of thioether (sulfide) groups is 1. The van der Waals surface area contributed by atoms with Gasteiger partial charge in [0, 0.05) is 23.6 Å².